The second-order valence-corrected chi connectivity index (χ2v) is 7.30. The largest absolute Gasteiger partial charge is 0.335 e. The fourth-order valence-electron chi connectivity index (χ4n) is 2.07. The number of hydrogen-bond acceptors (Lipinski definition) is 6. The van der Waals surface area contributed by atoms with Crippen molar-refractivity contribution in [3.8, 4) is 12.1 Å². The van der Waals surface area contributed by atoms with Crippen LogP contribution < -0.4 is 4.90 Å². The lowest BCUT2D eigenvalue weighted by Crippen LogP contribution is -2.21. The number of anilines is 1. The maximum Gasteiger partial charge on any atom is 0.264 e. The Morgan fingerprint density at radius 2 is 2.00 bits per heavy atom. The van der Waals surface area contributed by atoms with Crippen molar-refractivity contribution < 1.29 is 13.0 Å². The normalized spacial score (nSPS) is 14.9. The van der Waals surface area contributed by atoms with E-state index >= 15 is 0 Å². The number of allylic oxidation sites excluding steroid dienone is 3. The molecule has 0 aliphatic carbocycles. The first-order valence-electron chi connectivity index (χ1n) is 6.66. The summed E-state index contributed by atoms with van der Waals surface area (Å²) in [4.78, 5) is 2.92. The fraction of sp³-hybridized carbons (Fsp3) is 0.200. The number of fused-ring (bicyclic) bond motifs is 1. The maximum absolute atomic E-state index is 10.9. The Hall–Kier alpha value is -2.26. The van der Waals surface area contributed by atoms with Gasteiger partial charge in [0.2, 0.25) is 0 Å². The van der Waals surface area contributed by atoms with Crippen LogP contribution in [-0.4, -0.2) is 25.3 Å². The molecule has 1 N–H and O–H groups in total. The summed E-state index contributed by atoms with van der Waals surface area (Å²) in [5, 5.41) is 18.4. The quantitative estimate of drug-likeness (QED) is 0.645. The predicted octanol–water partition coefficient (Wildman–Crippen LogP) is 2.69. The summed E-state index contributed by atoms with van der Waals surface area (Å²) in [7, 11) is -4.00. The van der Waals surface area contributed by atoms with Crippen LogP contribution in [0, 0.1) is 22.7 Å². The zero-order chi connectivity index (χ0) is 16.9. The zero-order valence-electron chi connectivity index (χ0n) is 12.0. The van der Waals surface area contributed by atoms with E-state index in [4.69, 9.17) is 15.1 Å². The summed E-state index contributed by atoms with van der Waals surface area (Å²) in [5.74, 6) is -0.318. The van der Waals surface area contributed by atoms with Gasteiger partial charge in [0, 0.05) is 11.4 Å². The molecule has 1 aromatic rings. The molecule has 0 bridgehead atoms. The van der Waals surface area contributed by atoms with Crippen molar-refractivity contribution in [2.75, 3.05) is 17.2 Å². The molecule has 1 heterocycles. The van der Waals surface area contributed by atoms with Gasteiger partial charge in [-0.1, -0.05) is 23.9 Å². The Kier molecular flexibility index (Phi) is 5.45. The highest BCUT2D eigenvalue weighted by Gasteiger charge is 2.24. The highest BCUT2D eigenvalue weighted by molar-refractivity contribution is 8.03. The van der Waals surface area contributed by atoms with E-state index in [1.165, 1.54) is 17.8 Å². The maximum atomic E-state index is 10.9. The van der Waals surface area contributed by atoms with Gasteiger partial charge in [0.05, 0.1) is 16.5 Å². The van der Waals surface area contributed by atoms with Gasteiger partial charge in [-0.25, -0.2) is 0 Å². The van der Waals surface area contributed by atoms with Crippen LogP contribution in [0.2, 0.25) is 0 Å². The summed E-state index contributed by atoms with van der Waals surface area (Å²) in [5.41, 5.74) is 0.926. The molecule has 1 aliphatic heterocycles. The van der Waals surface area contributed by atoms with E-state index in [0.717, 1.165) is 15.6 Å². The van der Waals surface area contributed by atoms with Crippen LogP contribution in [0.4, 0.5) is 5.69 Å². The van der Waals surface area contributed by atoms with Crippen LogP contribution in [0.1, 0.15) is 6.42 Å². The van der Waals surface area contributed by atoms with Crippen molar-refractivity contribution in [3.05, 3.63) is 47.0 Å². The molecule has 0 aromatic heterocycles. The standard InChI is InChI=1S/C15H13N3O3S2/c16-10-12(11-17)6-7-15-18(8-3-9-23(19,20)21)13-4-1-2-5-14(13)22-15/h1-2,4-7H,3,8-9H2,(H,19,20,21)/b15-7-. The van der Waals surface area contributed by atoms with E-state index < -0.39 is 10.1 Å². The zero-order valence-corrected chi connectivity index (χ0v) is 13.6. The number of nitriles is 2. The average Bonchev–Trinajstić information content (AvgIpc) is 2.85. The minimum atomic E-state index is -4.00. The van der Waals surface area contributed by atoms with Crippen molar-refractivity contribution in [1.29, 1.82) is 10.5 Å². The molecular weight excluding hydrogens is 334 g/mol. The number of thioether (sulfide) groups is 1. The van der Waals surface area contributed by atoms with Crippen molar-refractivity contribution >= 4 is 27.6 Å². The third-order valence-corrected chi connectivity index (χ3v) is 4.99. The van der Waals surface area contributed by atoms with Gasteiger partial charge >= 0.3 is 0 Å². The summed E-state index contributed by atoms with van der Waals surface area (Å²) >= 11 is 1.48. The minimum absolute atomic E-state index is 0.00746. The molecule has 23 heavy (non-hydrogen) atoms. The molecule has 1 aliphatic rings. The molecule has 0 fully saturated rings. The van der Waals surface area contributed by atoms with Crippen LogP contribution in [0.5, 0.6) is 0 Å². The van der Waals surface area contributed by atoms with Crippen molar-refractivity contribution in [2.24, 2.45) is 0 Å². The van der Waals surface area contributed by atoms with E-state index in [2.05, 4.69) is 0 Å². The fourth-order valence-corrected chi connectivity index (χ4v) is 3.65. The van der Waals surface area contributed by atoms with Gasteiger partial charge in [-0.15, -0.1) is 0 Å². The Labute approximate surface area is 139 Å². The lowest BCUT2D eigenvalue weighted by atomic mass is 10.2. The summed E-state index contributed by atoms with van der Waals surface area (Å²) in [6.07, 6.45) is 3.36. The molecule has 0 saturated carbocycles. The number of para-hydroxylation sites is 1. The summed E-state index contributed by atoms with van der Waals surface area (Å²) in [6, 6.07) is 11.2. The van der Waals surface area contributed by atoms with Gasteiger partial charge in [0.15, 0.2) is 0 Å². The number of nitrogens with zero attached hydrogens (tertiary/aromatic N) is 3. The molecule has 0 unspecified atom stereocenters. The third-order valence-electron chi connectivity index (χ3n) is 3.05. The molecule has 0 saturated heterocycles. The van der Waals surface area contributed by atoms with Crippen molar-refractivity contribution in [3.63, 3.8) is 0 Å². The van der Waals surface area contributed by atoms with Gasteiger partial charge in [-0.2, -0.15) is 18.9 Å². The molecule has 8 heteroatoms. The van der Waals surface area contributed by atoms with Gasteiger partial charge < -0.3 is 4.90 Å². The Morgan fingerprint density at radius 3 is 2.65 bits per heavy atom. The molecule has 2 rings (SSSR count). The first-order valence-corrected chi connectivity index (χ1v) is 9.09. The molecule has 118 valence electrons. The molecule has 0 radical (unpaired) electrons. The van der Waals surface area contributed by atoms with Gasteiger partial charge in [-0.05, 0) is 30.7 Å². The Bertz CT molecular complexity index is 829. The van der Waals surface area contributed by atoms with Gasteiger partial charge in [0.1, 0.15) is 17.7 Å². The van der Waals surface area contributed by atoms with E-state index in [1.54, 1.807) is 18.2 Å². The SMILES string of the molecule is N#CC(C#N)=C/C=C1\Sc2ccccc2N1CCCS(=O)(=O)O. The molecular formula is C15H13N3O3S2. The highest BCUT2D eigenvalue weighted by atomic mass is 32.2. The Balaban J connectivity index is 2.25. The third kappa shape index (κ3) is 4.60. The van der Waals surface area contributed by atoms with Gasteiger partial charge in [0.25, 0.3) is 10.1 Å². The molecule has 6 nitrogen and oxygen atoms in total. The highest BCUT2D eigenvalue weighted by Crippen LogP contribution is 2.45. The summed E-state index contributed by atoms with van der Waals surface area (Å²) in [6.45, 7) is 0.401. The average molecular weight is 347 g/mol. The van der Waals surface area contributed by atoms with Crippen molar-refractivity contribution in [1.82, 2.24) is 0 Å². The number of hydrogen-bond donors (Lipinski definition) is 1. The molecule has 0 amide bonds. The lowest BCUT2D eigenvalue weighted by molar-refractivity contribution is 0.481. The minimum Gasteiger partial charge on any atom is -0.335 e. The van der Waals surface area contributed by atoms with Crippen LogP contribution >= 0.6 is 11.8 Å². The Morgan fingerprint density at radius 1 is 1.30 bits per heavy atom. The summed E-state index contributed by atoms with van der Waals surface area (Å²) < 4.78 is 30.6. The number of rotatable bonds is 5. The first kappa shape index (κ1) is 17.1. The van der Waals surface area contributed by atoms with Crippen LogP contribution in [0.25, 0.3) is 0 Å². The lowest BCUT2D eigenvalue weighted by Gasteiger charge is -2.19. The number of benzene rings is 1. The molecule has 1 aromatic carbocycles. The smallest absolute Gasteiger partial charge is 0.264 e. The second-order valence-electron chi connectivity index (χ2n) is 4.67. The first-order chi connectivity index (χ1) is 10.9. The molecule has 0 spiro atoms. The van der Waals surface area contributed by atoms with Crippen LogP contribution in [0.15, 0.2) is 51.9 Å². The topological polar surface area (TPSA) is 105 Å². The van der Waals surface area contributed by atoms with Crippen LogP contribution in [-0.2, 0) is 10.1 Å². The molecule has 0 atom stereocenters. The van der Waals surface area contributed by atoms with E-state index in [-0.39, 0.29) is 17.7 Å². The van der Waals surface area contributed by atoms with E-state index in [1.807, 2.05) is 29.2 Å². The van der Waals surface area contributed by atoms with Crippen LogP contribution in [0.3, 0.4) is 0 Å². The van der Waals surface area contributed by atoms with Gasteiger partial charge in [-0.3, -0.25) is 4.55 Å². The van der Waals surface area contributed by atoms with E-state index in [0.29, 0.717) is 6.54 Å². The van der Waals surface area contributed by atoms with Crippen molar-refractivity contribution in [2.45, 2.75) is 11.3 Å². The second kappa shape index (κ2) is 7.34. The monoisotopic (exact) mass is 347 g/mol. The predicted molar refractivity (Wildman–Crippen MR) is 88.1 cm³/mol. The van der Waals surface area contributed by atoms with E-state index in [9.17, 15) is 8.42 Å².